The van der Waals surface area contributed by atoms with E-state index in [4.69, 9.17) is 9.47 Å². The maximum Gasteiger partial charge on any atom is 0.168 e. The van der Waals surface area contributed by atoms with E-state index < -0.39 is 11.4 Å². The second-order valence-electron chi connectivity index (χ2n) is 5.50. The van der Waals surface area contributed by atoms with Crippen LogP contribution in [0.3, 0.4) is 0 Å². The second kappa shape index (κ2) is 4.87. The molecule has 2 aliphatic rings. The van der Waals surface area contributed by atoms with E-state index in [0.717, 1.165) is 11.1 Å². The first-order chi connectivity index (χ1) is 9.16. The third kappa shape index (κ3) is 2.41. The maximum absolute atomic E-state index is 10.8. The average molecular weight is 264 g/mol. The first-order valence-electron chi connectivity index (χ1n) is 6.86. The molecule has 1 aliphatic heterocycles. The molecule has 0 unspecified atom stereocenters. The molecule has 2 N–H and O–H groups in total. The second-order valence-corrected chi connectivity index (χ2v) is 5.50. The van der Waals surface area contributed by atoms with Gasteiger partial charge in [0.15, 0.2) is 5.79 Å². The molecule has 104 valence electrons. The highest BCUT2D eigenvalue weighted by Crippen LogP contribution is 2.44. The number of aliphatic hydroxyl groups excluding tert-OH is 1. The maximum atomic E-state index is 10.8. The third-order valence-corrected chi connectivity index (χ3v) is 4.30. The fourth-order valence-corrected chi connectivity index (χ4v) is 3.08. The Balaban J connectivity index is 1.77. The van der Waals surface area contributed by atoms with Crippen molar-refractivity contribution >= 4 is 0 Å². The highest BCUT2D eigenvalue weighted by Gasteiger charge is 2.46. The van der Waals surface area contributed by atoms with Gasteiger partial charge < -0.3 is 19.7 Å². The minimum absolute atomic E-state index is 0.0000791. The Bertz CT molecular complexity index is 441. The van der Waals surface area contributed by atoms with E-state index in [2.05, 4.69) is 0 Å². The van der Waals surface area contributed by atoms with Crippen LogP contribution in [0.4, 0.5) is 0 Å². The summed E-state index contributed by atoms with van der Waals surface area (Å²) >= 11 is 0. The van der Waals surface area contributed by atoms with Gasteiger partial charge in [-0.15, -0.1) is 0 Å². The molecule has 1 aromatic rings. The number of hydrogen-bond donors (Lipinski definition) is 2. The smallest absolute Gasteiger partial charge is 0.168 e. The molecule has 1 aromatic carbocycles. The summed E-state index contributed by atoms with van der Waals surface area (Å²) in [7, 11) is 0. The average Bonchev–Trinajstić information content (AvgIpc) is 2.92. The predicted molar refractivity (Wildman–Crippen MR) is 69.4 cm³/mol. The molecule has 0 atom stereocenters. The third-order valence-electron chi connectivity index (χ3n) is 4.30. The number of aliphatic hydroxyl groups is 2. The van der Waals surface area contributed by atoms with Crippen molar-refractivity contribution in [1.82, 2.24) is 0 Å². The van der Waals surface area contributed by atoms with Crippen molar-refractivity contribution in [2.24, 2.45) is 0 Å². The van der Waals surface area contributed by atoms with E-state index in [0.29, 0.717) is 38.9 Å². The van der Waals surface area contributed by atoms with Gasteiger partial charge in [-0.25, -0.2) is 0 Å². The van der Waals surface area contributed by atoms with Gasteiger partial charge in [0, 0.05) is 12.8 Å². The fourth-order valence-electron chi connectivity index (χ4n) is 3.08. The van der Waals surface area contributed by atoms with Crippen LogP contribution in [0.25, 0.3) is 0 Å². The SMILES string of the molecule is OCc1cccc(C2(O)CCC3(CC2)OCCO3)c1. The number of rotatable bonds is 2. The summed E-state index contributed by atoms with van der Waals surface area (Å²) in [5.41, 5.74) is 0.887. The molecule has 0 bridgehead atoms. The van der Waals surface area contributed by atoms with Crippen LogP contribution in [0.5, 0.6) is 0 Å². The van der Waals surface area contributed by atoms with Crippen LogP contribution in [0.1, 0.15) is 36.8 Å². The van der Waals surface area contributed by atoms with Gasteiger partial charge in [-0.05, 0) is 24.0 Å². The van der Waals surface area contributed by atoms with E-state index in [-0.39, 0.29) is 6.61 Å². The van der Waals surface area contributed by atoms with Gasteiger partial charge in [0.25, 0.3) is 0 Å². The summed E-state index contributed by atoms with van der Waals surface area (Å²) < 4.78 is 11.4. The zero-order chi connectivity index (χ0) is 13.3. The van der Waals surface area contributed by atoms with Gasteiger partial charge in [0.05, 0.1) is 25.4 Å². The predicted octanol–water partition coefficient (Wildman–Crippen LogP) is 1.68. The molecule has 0 radical (unpaired) electrons. The van der Waals surface area contributed by atoms with Crippen molar-refractivity contribution in [3.05, 3.63) is 35.4 Å². The molecular formula is C15H20O4. The number of ether oxygens (including phenoxy) is 2. The first-order valence-corrected chi connectivity index (χ1v) is 6.86. The molecule has 4 heteroatoms. The molecule has 1 aliphatic carbocycles. The lowest BCUT2D eigenvalue weighted by atomic mass is 9.77. The lowest BCUT2D eigenvalue weighted by Gasteiger charge is -2.40. The Morgan fingerprint density at radius 2 is 1.74 bits per heavy atom. The van der Waals surface area contributed by atoms with E-state index >= 15 is 0 Å². The standard InChI is InChI=1S/C15H20O4/c16-11-12-2-1-3-13(10-12)14(17)4-6-15(7-5-14)18-8-9-19-15/h1-3,10,16-17H,4-9,11H2. The van der Waals surface area contributed by atoms with Crippen LogP contribution in [0, 0.1) is 0 Å². The van der Waals surface area contributed by atoms with Crippen LogP contribution in [-0.4, -0.2) is 29.2 Å². The van der Waals surface area contributed by atoms with Crippen LogP contribution >= 0.6 is 0 Å². The largest absolute Gasteiger partial charge is 0.392 e. The zero-order valence-corrected chi connectivity index (χ0v) is 11.0. The van der Waals surface area contributed by atoms with Crippen molar-refractivity contribution in [1.29, 1.82) is 0 Å². The summed E-state index contributed by atoms with van der Waals surface area (Å²) in [6.07, 6.45) is 2.68. The Kier molecular flexibility index (Phi) is 3.35. The van der Waals surface area contributed by atoms with Gasteiger partial charge in [-0.2, -0.15) is 0 Å². The molecule has 0 aromatic heterocycles. The Morgan fingerprint density at radius 1 is 1.05 bits per heavy atom. The molecule has 1 saturated carbocycles. The van der Waals surface area contributed by atoms with E-state index in [1.807, 2.05) is 24.3 Å². The van der Waals surface area contributed by atoms with Crippen LogP contribution in [0.2, 0.25) is 0 Å². The van der Waals surface area contributed by atoms with E-state index in [1.54, 1.807) is 0 Å². The molecule has 1 spiro atoms. The summed E-state index contributed by atoms with van der Waals surface area (Å²) in [6.45, 7) is 1.30. The van der Waals surface area contributed by atoms with Gasteiger partial charge >= 0.3 is 0 Å². The van der Waals surface area contributed by atoms with Gasteiger partial charge in [0.2, 0.25) is 0 Å². The molecule has 1 saturated heterocycles. The van der Waals surface area contributed by atoms with Crippen molar-refractivity contribution < 1.29 is 19.7 Å². The minimum atomic E-state index is -0.828. The quantitative estimate of drug-likeness (QED) is 0.853. The topological polar surface area (TPSA) is 58.9 Å². The van der Waals surface area contributed by atoms with E-state index in [1.165, 1.54) is 0 Å². The fraction of sp³-hybridized carbons (Fsp3) is 0.600. The van der Waals surface area contributed by atoms with Crippen LogP contribution < -0.4 is 0 Å². The van der Waals surface area contributed by atoms with Crippen LogP contribution in [-0.2, 0) is 21.7 Å². The van der Waals surface area contributed by atoms with Gasteiger partial charge in [-0.3, -0.25) is 0 Å². The lowest BCUT2D eigenvalue weighted by molar-refractivity contribution is -0.204. The molecule has 4 nitrogen and oxygen atoms in total. The number of benzene rings is 1. The Morgan fingerprint density at radius 3 is 2.37 bits per heavy atom. The van der Waals surface area contributed by atoms with Crippen molar-refractivity contribution in [3.8, 4) is 0 Å². The van der Waals surface area contributed by atoms with Crippen molar-refractivity contribution in [2.45, 2.75) is 43.7 Å². The lowest BCUT2D eigenvalue weighted by Crippen LogP contribution is -2.42. The normalized spacial score (nSPS) is 24.7. The van der Waals surface area contributed by atoms with Crippen LogP contribution in [0.15, 0.2) is 24.3 Å². The monoisotopic (exact) mass is 264 g/mol. The molecule has 2 fully saturated rings. The van der Waals surface area contributed by atoms with E-state index in [9.17, 15) is 10.2 Å². The molecule has 3 rings (SSSR count). The molecular weight excluding hydrogens is 244 g/mol. The van der Waals surface area contributed by atoms with Gasteiger partial charge in [-0.1, -0.05) is 24.3 Å². The Hall–Kier alpha value is -0.940. The summed E-state index contributed by atoms with van der Waals surface area (Å²) in [6, 6.07) is 7.55. The highest BCUT2D eigenvalue weighted by atomic mass is 16.7. The zero-order valence-electron chi connectivity index (χ0n) is 11.0. The molecule has 19 heavy (non-hydrogen) atoms. The van der Waals surface area contributed by atoms with Crippen molar-refractivity contribution in [3.63, 3.8) is 0 Å². The molecule has 1 heterocycles. The summed E-state index contributed by atoms with van der Waals surface area (Å²) in [5, 5.41) is 20.0. The minimum Gasteiger partial charge on any atom is -0.392 e. The highest BCUT2D eigenvalue weighted by molar-refractivity contribution is 5.28. The Labute approximate surface area is 113 Å². The number of hydrogen-bond acceptors (Lipinski definition) is 4. The molecule has 0 amide bonds. The van der Waals surface area contributed by atoms with Crippen molar-refractivity contribution in [2.75, 3.05) is 13.2 Å². The summed E-state index contributed by atoms with van der Waals surface area (Å²) in [5.74, 6) is -0.458. The van der Waals surface area contributed by atoms with Gasteiger partial charge in [0.1, 0.15) is 0 Å². The first kappa shape index (κ1) is 13.1. The summed E-state index contributed by atoms with van der Waals surface area (Å²) in [4.78, 5) is 0.